The lowest BCUT2D eigenvalue weighted by atomic mass is 9.74. The Kier molecular flexibility index (Phi) is 7.21. The molecule has 0 aromatic heterocycles. The average Bonchev–Trinajstić information content (AvgIpc) is 2.74. The Bertz CT molecular complexity index is 861. The van der Waals surface area contributed by atoms with Gasteiger partial charge in [0.2, 0.25) is 5.91 Å². The largest absolute Gasteiger partial charge is 0.394 e. The van der Waals surface area contributed by atoms with E-state index in [9.17, 15) is 18.7 Å². The molecule has 4 nitrogen and oxygen atoms in total. The van der Waals surface area contributed by atoms with Crippen molar-refractivity contribution in [1.29, 1.82) is 0 Å². The van der Waals surface area contributed by atoms with Gasteiger partial charge in [-0.3, -0.25) is 4.79 Å². The van der Waals surface area contributed by atoms with Crippen LogP contribution in [0.25, 0.3) is 11.1 Å². The van der Waals surface area contributed by atoms with Crippen LogP contribution in [0.2, 0.25) is 0 Å². The van der Waals surface area contributed by atoms with Crippen molar-refractivity contribution in [1.82, 2.24) is 5.32 Å². The quantitative estimate of drug-likeness (QED) is 0.713. The first-order valence-corrected chi connectivity index (χ1v) is 10.4. The van der Waals surface area contributed by atoms with E-state index >= 15 is 0 Å². The van der Waals surface area contributed by atoms with Crippen LogP contribution in [-0.2, 0) is 16.0 Å². The maximum atomic E-state index is 13.5. The standard InChI is InChI=1S/C24H29F2NO3/c1-16(2)22(15-28)27-23(29)24(9-11-30-12-10-24)14-17-3-5-18(6-4-17)19-7-8-20(25)21(26)13-19/h3-8,13,16,22,28H,9-12,14-15H2,1-2H3,(H,27,29). The van der Waals surface area contributed by atoms with Crippen LogP contribution in [0.4, 0.5) is 8.78 Å². The number of ether oxygens (including phenoxy) is 1. The molecule has 0 spiro atoms. The molecular weight excluding hydrogens is 388 g/mol. The van der Waals surface area contributed by atoms with Gasteiger partial charge in [-0.15, -0.1) is 0 Å². The Hall–Kier alpha value is -2.31. The van der Waals surface area contributed by atoms with Crippen molar-refractivity contribution in [3.05, 3.63) is 59.7 Å². The molecule has 1 aliphatic rings. The first-order chi connectivity index (χ1) is 14.3. The van der Waals surface area contributed by atoms with Crippen molar-refractivity contribution in [2.75, 3.05) is 19.8 Å². The molecule has 3 rings (SSSR count). The Labute approximate surface area is 176 Å². The highest BCUT2D eigenvalue weighted by Crippen LogP contribution is 2.35. The summed E-state index contributed by atoms with van der Waals surface area (Å²) < 4.78 is 32.2. The summed E-state index contributed by atoms with van der Waals surface area (Å²) in [5.74, 6) is -1.67. The van der Waals surface area contributed by atoms with Gasteiger partial charge in [-0.1, -0.05) is 44.2 Å². The summed E-state index contributed by atoms with van der Waals surface area (Å²) in [6, 6.07) is 11.1. The van der Waals surface area contributed by atoms with E-state index in [2.05, 4.69) is 5.32 Å². The number of nitrogens with one attached hydrogen (secondary N) is 1. The maximum absolute atomic E-state index is 13.5. The van der Waals surface area contributed by atoms with Crippen LogP contribution in [0, 0.1) is 23.0 Å². The van der Waals surface area contributed by atoms with Crippen LogP contribution < -0.4 is 5.32 Å². The van der Waals surface area contributed by atoms with Crippen molar-refractivity contribution >= 4 is 5.91 Å². The number of hydrogen-bond acceptors (Lipinski definition) is 3. The molecule has 30 heavy (non-hydrogen) atoms. The molecule has 1 heterocycles. The van der Waals surface area contributed by atoms with Crippen molar-refractivity contribution < 1.29 is 23.4 Å². The summed E-state index contributed by atoms with van der Waals surface area (Å²) in [7, 11) is 0. The molecule has 162 valence electrons. The predicted octanol–water partition coefficient (Wildman–Crippen LogP) is 4.10. The molecule has 1 amide bonds. The smallest absolute Gasteiger partial charge is 0.227 e. The lowest BCUT2D eigenvalue weighted by Gasteiger charge is -2.37. The molecular formula is C24H29F2NO3. The van der Waals surface area contributed by atoms with E-state index in [1.807, 2.05) is 38.1 Å². The topological polar surface area (TPSA) is 58.6 Å². The van der Waals surface area contributed by atoms with Crippen LogP contribution in [0.1, 0.15) is 32.3 Å². The van der Waals surface area contributed by atoms with Crippen molar-refractivity contribution in [2.45, 2.75) is 39.2 Å². The summed E-state index contributed by atoms with van der Waals surface area (Å²) in [4.78, 5) is 13.2. The van der Waals surface area contributed by atoms with Crippen LogP contribution >= 0.6 is 0 Å². The lowest BCUT2D eigenvalue weighted by Crippen LogP contribution is -2.51. The van der Waals surface area contributed by atoms with E-state index in [0.29, 0.717) is 38.0 Å². The minimum absolute atomic E-state index is 0.0526. The second-order valence-corrected chi connectivity index (χ2v) is 8.40. The molecule has 0 aliphatic carbocycles. The van der Waals surface area contributed by atoms with Crippen LogP contribution in [0.5, 0.6) is 0 Å². The van der Waals surface area contributed by atoms with Crippen molar-refractivity contribution in [3.63, 3.8) is 0 Å². The number of carbonyl (C=O) groups excluding carboxylic acids is 1. The van der Waals surface area contributed by atoms with Gasteiger partial charge in [-0.05, 0) is 54.0 Å². The summed E-state index contributed by atoms with van der Waals surface area (Å²) >= 11 is 0. The minimum Gasteiger partial charge on any atom is -0.394 e. The van der Waals surface area contributed by atoms with Gasteiger partial charge >= 0.3 is 0 Å². The molecule has 0 saturated carbocycles. The zero-order valence-corrected chi connectivity index (χ0v) is 17.5. The summed E-state index contributed by atoms with van der Waals surface area (Å²) in [5, 5.41) is 12.6. The van der Waals surface area contributed by atoms with E-state index < -0.39 is 17.0 Å². The number of carbonyl (C=O) groups is 1. The number of halogens is 2. The van der Waals surface area contributed by atoms with E-state index in [1.54, 1.807) is 6.07 Å². The molecule has 6 heteroatoms. The Morgan fingerprint density at radius 1 is 1.07 bits per heavy atom. The number of aliphatic hydroxyl groups is 1. The van der Waals surface area contributed by atoms with Gasteiger partial charge in [-0.2, -0.15) is 0 Å². The molecule has 2 aromatic rings. The monoisotopic (exact) mass is 417 g/mol. The zero-order valence-electron chi connectivity index (χ0n) is 17.5. The molecule has 2 aromatic carbocycles. The van der Waals surface area contributed by atoms with Crippen LogP contribution in [0.3, 0.4) is 0 Å². The number of hydrogen-bond donors (Lipinski definition) is 2. The summed E-state index contributed by atoms with van der Waals surface area (Å²) in [5.41, 5.74) is 1.78. The zero-order chi connectivity index (χ0) is 21.7. The highest BCUT2D eigenvalue weighted by Gasteiger charge is 2.41. The van der Waals surface area contributed by atoms with Gasteiger partial charge in [0.25, 0.3) is 0 Å². The van der Waals surface area contributed by atoms with Crippen LogP contribution in [-0.4, -0.2) is 36.9 Å². The highest BCUT2D eigenvalue weighted by atomic mass is 19.2. The first kappa shape index (κ1) is 22.4. The van der Waals surface area contributed by atoms with Gasteiger partial charge < -0.3 is 15.2 Å². The van der Waals surface area contributed by atoms with Crippen LogP contribution in [0.15, 0.2) is 42.5 Å². The van der Waals surface area contributed by atoms with Gasteiger partial charge in [0, 0.05) is 13.2 Å². The second kappa shape index (κ2) is 9.67. The van der Waals surface area contributed by atoms with Crippen molar-refractivity contribution in [2.24, 2.45) is 11.3 Å². The van der Waals surface area contributed by atoms with E-state index in [1.165, 1.54) is 6.07 Å². The number of amides is 1. The number of benzene rings is 2. The lowest BCUT2D eigenvalue weighted by molar-refractivity contribution is -0.138. The van der Waals surface area contributed by atoms with E-state index in [4.69, 9.17) is 4.74 Å². The molecule has 1 unspecified atom stereocenters. The Morgan fingerprint density at radius 2 is 1.70 bits per heavy atom. The van der Waals surface area contributed by atoms with E-state index in [-0.39, 0.29) is 24.5 Å². The average molecular weight is 417 g/mol. The van der Waals surface area contributed by atoms with Gasteiger partial charge in [-0.25, -0.2) is 8.78 Å². The third-order valence-electron chi connectivity index (χ3n) is 6.00. The molecule has 2 N–H and O–H groups in total. The SMILES string of the molecule is CC(C)C(CO)NC(=O)C1(Cc2ccc(-c3ccc(F)c(F)c3)cc2)CCOCC1. The molecule has 1 aliphatic heterocycles. The summed E-state index contributed by atoms with van der Waals surface area (Å²) in [6.45, 7) is 4.88. The fraction of sp³-hybridized carbons (Fsp3) is 0.458. The maximum Gasteiger partial charge on any atom is 0.227 e. The number of aliphatic hydroxyl groups excluding tert-OH is 1. The van der Waals surface area contributed by atoms with Gasteiger partial charge in [0.05, 0.1) is 18.1 Å². The Morgan fingerprint density at radius 3 is 2.27 bits per heavy atom. The third-order valence-corrected chi connectivity index (χ3v) is 6.00. The molecule has 1 fully saturated rings. The predicted molar refractivity (Wildman–Crippen MR) is 112 cm³/mol. The molecule has 0 bridgehead atoms. The third kappa shape index (κ3) is 5.05. The normalized spacial score (nSPS) is 17.0. The molecule has 1 atom stereocenters. The van der Waals surface area contributed by atoms with E-state index in [0.717, 1.165) is 17.2 Å². The summed E-state index contributed by atoms with van der Waals surface area (Å²) in [6.07, 6.45) is 1.77. The highest BCUT2D eigenvalue weighted by molar-refractivity contribution is 5.83. The molecule has 0 radical (unpaired) electrons. The van der Waals surface area contributed by atoms with Gasteiger partial charge in [0.15, 0.2) is 11.6 Å². The second-order valence-electron chi connectivity index (χ2n) is 8.40. The minimum atomic E-state index is -0.877. The Balaban J connectivity index is 1.79. The fourth-order valence-electron chi connectivity index (χ4n) is 3.87. The van der Waals surface area contributed by atoms with Gasteiger partial charge in [0.1, 0.15) is 0 Å². The van der Waals surface area contributed by atoms with Crippen molar-refractivity contribution in [3.8, 4) is 11.1 Å². The first-order valence-electron chi connectivity index (χ1n) is 10.4. The molecule has 1 saturated heterocycles. The fourth-order valence-corrected chi connectivity index (χ4v) is 3.87. The number of rotatable bonds is 7.